The highest BCUT2D eigenvalue weighted by Crippen LogP contribution is 2.57. The van der Waals surface area contributed by atoms with Gasteiger partial charge in [0.15, 0.2) is 0 Å². The SMILES string of the molecule is Cn1ccc(-c2[nH]ncc2Nc2ncc3c(n2)N([C@@H]2CCC[C@@H](O)C2)C(=O)C32CC2)n1. The van der Waals surface area contributed by atoms with Gasteiger partial charge in [0.1, 0.15) is 17.2 Å². The van der Waals surface area contributed by atoms with Crippen LogP contribution in [0.15, 0.2) is 24.7 Å². The van der Waals surface area contributed by atoms with E-state index in [2.05, 4.69) is 25.6 Å². The minimum absolute atomic E-state index is 0.0178. The maximum Gasteiger partial charge on any atom is 0.239 e. The maximum atomic E-state index is 13.4. The summed E-state index contributed by atoms with van der Waals surface area (Å²) in [6, 6.07) is 1.88. The zero-order chi connectivity index (χ0) is 21.2. The predicted octanol–water partition coefficient (Wildman–Crippen LogP) is 2.03. The number of aliphatic hydroxyl groups excluding tert-OH is 1. The summed E-state index contributed by atoms with van der Waals surface area (Å²) in [6.07, 6.45) is 9.83. The van der Waals surface area contributed by atoms with Crippen molar-refractivity contribution in [2.24, 2.45) is 7.05 Å². The first kappa shape index (κ1) is 18.5. The van der Waals surface area contributed by atoms with Crippen LogP contribution in [0.3, 0.4) is 0 Å². The Labute approximate surface area is 178 Å². The van der Waals surface area contributed by atoms with Crippen LogP contribution >= 0.6 is 0 Å². The van der Waals surface area contributed by atoms with Gasteiger partial charge in [-0.25, -0.2) is 4.98 Å². The van der Waals surface area contributed by atoms with E-state index in [0.717, 1.165) is 49.1 Å². The number of amides is 1. The summed E-state index contributed by atoms with van der Waals surface area (Å²) in [5.74, 6) is 1.21. The van der Waals surface area contributed by atoms with E-state index in [-0.39, 0.29) is 18.1 Å². The summed E-state index contributed by atoms with van der Waals surface area (Å²) in [6.45, 7) is 0. The average Bonchev–Trinajstić information content (AvgIpc) is 3.12. The first-order valence-electron chi connectivity index (χ1n) is 10.7. The molecule has 3 aromatic heterocycles. The fourth-order valence-corrected chi connectivity index (χ4v) is 4.96. The van der Waals surface area contributed by atoms with Crippen molar-refractivity contribution in [2.45, 2.75) is 56.1 Å². The number of rotatable bonds is 4. The normalized spacial score (nSPS) is 23.9. The minimum atomic E-state index is -0.453. The molecule has 10 nitrogen and oxygen atoms in total. The van der Waals surface area contributed by atoms with E-state index < -0.39 is 5.41 Å². The number of nitrogens with one attached hydrogen (secondary N) is 2. The number of aromatic nitrogens is 6. The second-order valence-corrected chi connectivity index (χ2v) is 8.82. The molecule has 3 N–H and O–H groups in total. The molecule has 1 aliphatic heterocycles. The Kier molecular flexibility index (Phi) is 3.95. The quantitative estimate of drug-likeness (QED) is 0.590. The molecular weight excluding hydrogens is 396 g/mol. The molecule has 0 radical (unpaired) electrons. The Morgan fingerprint density at radius 1 is 1.29 bits per heavy atom. The van der Waals surface area contributed by atoms with Crippen LogP contribution in [-0.4, -0.2) is 53.1 Å². The van der Waals surface area contributed by atoms with E-state index in [1.165, 1.54) is 0 Å². The largest absolute Gasteiger partial charge is 0.393 e. The molecule has 2 aliphatic carbocycles. The molecule has 1 spiro atoms. The van der Waals surface area contributed by atoms with Crippen molar-refractivity contribution in [2.75, 3.05) is 10.2 Å². The summed E-state index contributed by atoms with van der Waals surface area (Å²) < 4.78 is 1.73. The molecule has 0 unspecified atom stereocenters. The van der Waals surface area contributed by atoms with Gasteiger partial charge in [-0.1, -0.05) is 0 Å². The van der Waals surface area contributed by atoms with Crippen LogP contribution in [0.25, 0.3) is 11.4 Å². The first-order valence-corrected chi connectivity index (χ1v) is 10.7. The van der Waals surface area contributed by atoms with Gasteiger partial charge in [-0.3, -0.25) is 19.5 Å². The molecule has 0 saturated heterocycles. The van der Waals surface area contributed by atoms with Crippen LogP contribution < -0.4 is 10.2 Å². The molecule has 0 aromatic carbocycles. The van der Waals surface area contributed by atoms with Crippen molar-refractivity contribution in [3.8, 4) is 11.4 Å². The van der Waals surface area contributed by atoms with Gasteiger partial charge >= 0.3 is 0 Å². The van der Waals surface area contributed by atoms with Crippen LogP contribution in [0.1, 0.15) is 44.1 Å². The zero-order valence-electron chi connectivity index (χ0n) is 17.2. The van der Waals surface area contributed by atoms with Gasteiger partial charge in [0, 0.05) is 31.0 Å². The second kappa shape index (κ2) is 6.61. The Bertz CT molecular complexity index is 1160. The number of aryl methyl sites for hydroxylation is 1. The number of anilines is 3. The lowest BCUT2D eigenvalue weighted by Crippen LogP contribution is -2.44. The van der Waals surface area contributed by atoms with E-state index in [0.29, 0.717) is 23.9 Å². The van der Waals surface area contributed by atoms with Crippen molar-refractivity contribution in [3.05, 3.63) is 30.2 Å². The highest BCUT2D eigenvalue weighted by atomic mass is 16.3. The number of hydrogen-bond acceptors (Lipinski definition) is 7. The van der Waals surface area contributed by atoms with E-state index in [9.17, 15) is 9.90 Å². The molecule has 0 bridgehead atoms. The topological polar surface area (TPSA) is 125 Å². The van der Waals surface area contributed by atoms with Gasteiger partial charge < -0.3 is 10.4 Å². The minimum Gasteiger partial charge on any atom is -0.393 e. The summed E-state index contributed by atoms with van der Waals surface area (Å²) in [7, 11) is 1.86. The molecule has 1 amide bonds. The molecule has 3 aliphatic rings. The lowest BCUT2D eigenvalue weighted by molar-refractivity contribution is -0.121. The third kappa shape index (κ3) is 2.85. The zero-order valence-corrected chi connectivity index (χ0v) is 17.2. The molecule has 2 fully saturated rings. The van der Waals surface area contributed by atoms with Crippen LogP contribution in [0, 0.1) is 0 Å². The third-order valence-electron chi connectivity index (χ3n) is 6.73. The smallest absolute Gasteiger partial charge is 0.239 e. The Balaban J connectivity index is 1.35. The van der Waals surface area contributed by atoms with Gasteiger partial charge in [-0.15, -0.1) is 0 Å². The van der Waals surface area contributed by atoms with E-state index in [1.54, 1.807) is 17.1 Å². The van der Waals surface area contributed by atoms with Crippen molar-refractivity contribution in [1.29, 1.82) is 0 Å². The maximum absolute atomic E-state index is 13.4. The van der Waals surface area contributed by atoms with Crippen molar-refractivity contribution in [3.63, 3.8) is 0 Å². The molecule has 3 aromatic rings. The van der Waals surface area contributed by atoms with Gasteiger partial charge in [-0.05, 0) is 44.6 Å². The molecule has 4 heterocycles. The van der Waals surface area contributed by atoms with E-state index in [1.807, 2.05) is 24.2 Å². The van der Waals surface area contributed by atoms with Crippen LogP contribution in [0.5, 0.6) is 0 Å². The lowest BCUT2D eigenvalue weighted by Gasteiger charge is -2.33. The fraction of sp³-hybridized carbons (Fsp3) is 0.476. The van der Waals surface area contributed by atoms with E-state index in [4.69, 9.17) is 4.98 Å². The highest BCUT2D eigenvalue weighted by molar-refractivity contribution is 6.09. The monoisotopic (exact) mass is 420 g/mol. The summed E-state index contributed by atoms with van der Waals surface area (Å²) in [5, 5.41) is 24.9. The Morgan fingerprint density at radius 2 is 2.16 bits per heavy atom. The standard InChI is InChI=1S/C21H24N8O2/c1-28-8-5-15(27-28)17-16(11-23-26-17)24-20-22-10-14-18(25-20)29(19(31)21(14)6-7-21)12-3-2-4-13(30)9-12/h5,8,10-13,30H,2-4,6-7,9H2,1H3,(H,23,26)(H,22,24,25)/t12-,13-/m1/s1. The molecule has 2 atom stereocenters. The number of fused-ring (bicyclic) bond motifs is 2. The number of hydrogen-bond donors (Lipinski definition) is 3. The number of aromatic amines is 1. The third-order valence-corrected chi connectivity index (χ3v) is 6.73. The fourth-order valence-electron chi connectivity index (χ4n) is 4.96. The Morgan fingerprint density at radius 3 is 2.90 bits per heavy atom. The molecule has 160 valence electrons. The Hall–Kier alpha value is -3.27. The molecule has 6 rings (SSSR count). The number of carbonyl (C=O) groups excluding carboxylic acids is 1. The number of aliphatic hydroxyl groups is 1. The predicted molar refractivity (Wildman–Crippen MR) is 113 cm³/mol. The number of nitrogens with zero attached hydrogens (tertiary/aromatic N) is 6. The highest BCUT2D eigenvalue weighted by Gasteiger charge is 2.61. The number of H-pyrrole nitrogens is 1. The summed E-state index contributed by atoms with van der Waals surface area (Å²) in [4.78, 5) is 24.5. The van der Waals surface area contributed by atoms with Crippen molar-refractivity contribution >= 4 is 23.4 Å². The molecule has 10 heteroatoms. The molecule has 2 saturated carbocycles. The van der Waals surface area contributed by atoms with Crippen LogP contribution in [0.4, 0.5) is 17.5 Å². The first-order chi connectivity index (χ1) is 15.0. The number of carbonyl (C=O) groups is 1. The van der Waals surface area contributed by atoms with Gasteiger partial charge in [0.2, 0.25) is 11.9 Å². The van der Waals surface area contributed by atoms with Gasteiger partial charge in [0.25, 0.3) is 0 Å². The van der Waals surface area contributed by atoms with Gasteiger partial charge in [-0.2, -0.15) is 15.2 Å². The van der Waals surface area contributed by atoms with Crippen LogP contribution in [-0.2, 0) is 17.3 Å². The van der Waals surface area contributed by atoms with Crippen molar-refractivity contribution in [1.82, 2.24) is 29.9 Å². The lowest BCUT2D eigenvalue weighted by atomic mass is 9.92. The molecular formula is C21H24N8O2. The summed E-state index contributed by atoms with van der Waals surface area (Å²) in [5.41, 5.74) is 2.68. The molecule has 31 heavy (non-hydrogen) atoms. The van der Waals surface area contributed by atoms with Crippen molar-refractivity contribution < 1.29 is 9.90 Å². The average molecular weight is 420 g/mol. The second-order valence-electron chi connectivity index (χ2n) is 8.82. The van der Waals surface area contributed by atoms with Crippen LogP contribution in [0.2, 0.25) is 0 Å². The van der Waals surface area contributed by atoms with E-state index >= 15 is 0 Å². The summed E-state index contributed by atoms with van der Waals surface area (Å²) >= 11 is 0. The van der Waals surface area contributed by atoms with Gasteiger partial charge in [0.05, 0.1) is 23.4 Å².